The second-order valence-electron chi connectivity index (χ2n) is 2.98. The van der Waals surface area contributed by atoms with E-state index in [4.69, 9.17) is 4.42 Å². The Bertz CT molecular complexity index is 579. The van der Waals surface area contributed by atoms with Crippen LogP contribution in [0.5, 0.6) is 0 Å². The van der Waals surface area contributed by atoms with Crippen molar-refractivity contribution in [1.29, 1.82) is 0 Å². The lowest BCUT2D eigenvalue weighted by atomic mass is 10.2. The molecule has 13 heavy (non-hydrogen) atoms. The van der Waals surface area contributed by atoms with Crippen molar-refractivity contribution in [3.8, 4) is 0 Å². The first-order chi connectivity index (χ1) is 6.34. The van der Waals surface area contributed by atoms with Crippen LogP contribution in [0.25, 0.3) is 22.0 Å². The Labute approximate surface area is 73.6 Å². The summed E-state index contributed by atoms with van der Waals surface area (Å²) < 4.78 is 5.46. The normalized spacial score (nSPS) is 11.5. The van der Waals surface area contributed by atoms with Gasteiger partial charge in [-0.15, -0.1) is 0 Å². The summed E-state index contributed by atoms with van der Waals surface area (Å²) in [6, 6.07) is 3.91. The van der Waals surface area contributed by atoms with E-state index in [1.807, 2.05) is 19.1 Å². The quantitative estimate of drug-likeness (QED) is 0.565. The van der Waals surface area contributed by atoms with Gasteiger partial charge >= 0.3 is 0 Å². The largest absolute Gasteiger partial charge is 0.439 e. The number of H-pyrrole nitrogens is 1. The number of aryl methyl sites for hydroxylation is 1. The van der Waals surface area contributed by atoms with Gasteiger partial charge in [-0.3, -0.25) is 5.10 Å². The Morgan fingerprint density at radius 3 is 3.23 bits per heavy atom. The molecule has 0 radical (unpaired) electrons. The number of hydrogen-bond acceptors (Lipinski definition) is 3. The smallest absolute Gasteiger partial charge is 0.192 e. The molecule has 0 saturated carbocycles. The van der Waals surface area contributed by atoms with Crippen molar-refractivity contribution in [2.75, 3.05) is 0 Å². The van der Waals surface area contributed by atoms with Crippen LogP contribution in [0.4, 0.5) is 0 Å². The number of oxazole rings is 1. The highest BCUT2D eigenvalue weighted by Gasteiger charge is 2.07. The molecule has 2 heterocycles. The molecule has 2 aromatic heterocycles. The standard InChI is InChI=1S/C9H7N3O/c1-5-11-7-3-2-6-4-10-12-8(6)9(7)13-5/h2-4H,1H3,(H,10,12). The van der Waals surface area contributed by atoms with E-state index < -0.39 is 0 Å². The van der Waals surface area contributed by atoms with E-state index in [-0.39, 0.29) is 0 Å². The summed E-state index contributed by atoms with van der Waals surface area (Å²) >= 11 is 0. The fourth-order valence-corrected chi connectivity index (χ4v) is 1.51. The Balaban J connectivity index is 2.64. The molecule has 0 aliphatic carbocycles. The summed E-state index contributed by atoms with van der Waals surface area (Å²) in [5.74, 6) is 0.678. The highest BCUT2D eigenvalue weighted by atomic mass is 16.3. The van der Waals surface area contributed by atoms with Crippen LogP contribution in [0, 0.1) is 6.92 Å². The molecular weight excluding hydrogens is 166 g/mol. The molecule has 1 aromatic carbocycles. The predicted octanol–water partition coefficient (Wildman–Crippen LogP) is 2.01. The van der Waals surface area contributed by atoms with Crippen molar-refractivity contribution in [3.05, 3.63) is 24.2 Å². The average Bonchev–Trinajstić information content (AvgIpc) is 2.65. The Morgan fingerprint density at radius 2 is 2.31 bits per heavy atom. The second kappa shape index (κ2) is 2.10. The molecule has 0 amide bonds. The number of nitrogens with one attached hydrogen (secondary N) is 1. The summed E-state index contributed by atoms with van der Waals surface area (Å²) in [4.78, 5) is 4.23. The van der Waals surface area contributed by atoms with Crippen LogP contribution in [0.3, 0.4) is 0 Å². The zero-order valence-corrected chi connectivity index (χ0v) is 7.03. The van der Waals surface area contributed by atoms with Gasteiger partial charge in [0.25, 0.3) is 0 Å². The minimum atomic E-state index is 0.678. The molecule has 0 bridgehead atoms. The van der Waals surface area contributed by atoms with Gasteiger partial charge in [0.05, 0.1) is 6.20 Å². The van der Waals surface area contributed by atoms with Crippen molar-refractivity contribution in [1.82, 2.24) is 15.2 Å². The van der Waals surface area contributed by atoms with Gasteiger partial charge in [0.15, 0.2) is 11.5 Å². The first-order valence-electron chi connectivity index (χ1n) is 4.04. The maximum atomic E-state index is 5.46. The molecule has 3 rings (SSSR count). The molecule has 0 atom stereocenters. The minimum Gasteiger partial charge on any atom is -0.439 e. The Hall–Kier alpha value is -1.84. The van der Waals surface area contributed by atoms with E-state index in [1.54, 1.807) is 6.20 Å². The van der Waals surface area contributed by atoms with Crippen LogP contribution in [-0.2, 0) is 0 Å². The van der Waals surface area contributed by atoms with Gasteiger partial charge in [-0.05, 0) is 12.1 Å². The van der Waals surface area contributed by atoms with Gasteiger partial charge in [-0.25, -0.2) is 4.98 Å². The predicted molar refractivity (Wildman–Crippen MR) is 48.4 cm³/mol. The fourth-order valence-electron chi connectivity index (χ4n) is 1.51. The van der Waals surface area contributed by atoms with Gasteiger partial charge in [-0.2, -0.15) is 5.10 Å². The summed E-state index contributed by atoms with van der Waals surface area (Å²) in [6.45, 7) is 1.84. The lowest BCUT2D eigenvalue weighted by Gasteiger charge is -1.87. The van der Waals surface area contributed by atoms with Crippen molar-refractivity contribution in [2.45, 2.75) is 6.92 Å². The highest BCUT2D eigenvalue weighted by Crippen LogP contribution is 2.23. The summed E-state index contributed by atoms with van der Waals surface area (Å²) in [6.07, 6.45) is 1.77. The first kappa shape index (κ1) is 6.65. The summed E-state index contributed by atoms with van der Waals surface area (Å²) in [7, 11) is 0. The number of nitrogens with zero attached hydrogens (tertiary/aromatic N) is 2. The van der Waals surface area contributed by atoms with Gasteiger partial charge < -0.3 is 4.42 Å². The van der Waals surface area contributed by atoms with Crippen molar-refractivity contribution in [3.63, 3.8) is 0 Å². The van der Waals surface area contributed by atoms with Gasteiger partial charge in [0, 0.05) is 12.3 Å². The Kier molecular flexibility index (Phi) is 1.07. The number of rotatable bonds is 0. The fraction of sp³-hybridized carbons (Fsp3) is 0.111. The van der Waals surface area contributed by atoms with E-state index in [0.29, 0.717) is 5.89 Å². The van der Waals surface area contributed by atoms with E-state index in [2.05, 4.69) is 15.2 Å². The van der Waals surface area contributed by atoms with Gasteiger partial charge in [0.1, 0.15) is 11.0 Å². The van der Waals surface area contributed by atoms with Crippen molar-refractivity contribution >= 4 is 22.0 Å². The highest BCUT2D eigenvalue weighted by molar-refractivity contribution is 5.99. The lowest BCUT2D eigenvalue weighted by molar-refractivity contribution is 0.563. The number of benzene rings is 1. The molecule has 64 valence electrons. The van der Waals surface area contributed by atoms with Gasteiger partial charge in [0.2, 0.25) is 0 Å². The maximum absolute atomic E-state index is 5.46. The van der Waals surface area contributed by atoms with E-state index in [0.717, 1.165) is 22.0 Å². The number of aromatic nitrogens is 3. The molecule has 0 unspecified atom stereocenters. The third kappa shape index (κ3) is 0.796. The van der Waals surface area contributed by atoms with Crippen LogP contribution in [0.1, 0.15) is 5.89 Å². The topological polar surface area (TPSA) is 54.7 Å². The molecule has 0 fully saturated rings. The molecule has 0 aliphatic rings. The zero-order valence-electron chi connectivity index (χ0n) is 7.03. The van der Waals surface area contributed by atoms with Gasteiger partial charge in [-0.1, -0.05) is 0 Å². The van der Waals surface area contributed by atoms with Crippen molar-refractivity contribution in [2.24, 2.45) is 0 Å². The van der Waals surface area contributed by atoms with E-state index in [9.17, 15) is 0 Å². The molecule has 0 saturated heterocycles. The molecule has 1 N–H and O–H groups in total. The van der Waals surface area contributed by atoms with E-state index in [1.165, 1.54) is 0 Å². The van der Waals surface area contributed by atoms with Crippen LogP contribution >= 0.6 is 0 Å². The summed E-state index contributed by atoms with van der Waals surface area (Å²) in [5.41, 5.74) is 2.57. The monoisotopic (exact) mass is 173 g/mol. The van der Waals surface area contributed by atoms with Crippen LogP contribution in [0.15, 0.2) is 22.7 Å². The summed E-state index contributed by atoms with van der Waals surface area (Å²) in [5, 5.41) is 7.89. The molecular formula is C9H7N3O. The molecule has 0 aliphatic heterocycles. The molecule has 4 nitrogen and oxygen atoms in total. The number of fused-ring (bicyclic) bond motifs is 3. The van der Waals surface area contributed by atoms with Crippen LogP contribution in [-0.4, -0.2) is 15.2 Å². The van der Waals surface area contributed by atoms with E-state index >= 15 is 0 Å². The molecule has 3 aromatic rings. The third-order valence-electron chi connectivity index (χ3n) is 2.08. The lowest BCUT2D eigenvalue weighted by Crippen LogP contribution is -1.70. The Morgan fingerprint density at radius 1 is 1.38 bits per heavy atom. The van der Waals surface area contributed by atoms with Crippen molar-refractivity contribution < 1.29 is 4.42 Å². The minimum absolute atomic E-state index is 0.678. The molecule has 4 heteroatoms. The van der Waals surface area contributed by atoms with Crippen LogP contribution < -0.4 is 0 Å². The SMILES string of the molecule is Cc1nc2ccc3cn[nH]c3c2o1. The zero-order chi connectivity index (χ0) is 8.84. The molecule has 0 spiro atoms. The second-order valence-corrected chi connectivity index (χ2v) is 2.98. The third-order valence-corrected chi connectivity index (χ3v) is 2.08. The first-order valence-corrected chi connectivity index (χ1v) is 4.04. The number of hydrogen-bond donors (Lipinski definition) is 1. The van der Waals surface area contributed by atoms with Crippen LogP contribution in [0.2, 0.25) is 0 Å². The maximum Gasteiger partial charge on any atom is 0.192 e. The average molecular weight is 173 g/mol. The number of aromatic amines is 1.